The van der Waals surface area contributed by atoms with Gasteiger partial charge in [-0.25, -0.2) is 0 Å². The van der Waals surface area contributed by atoms with Crippen molar-refractivity contribution in [1.29, 1.82) is 10.5 Å². The van der Waals surface area contributed by atoms with Gasteiger partial charge in [-0.1, -0.05) is 18.2 Å². The molecule has 102 valence electrons. The van der Waals surface area contributed by atoms with Crippen LogP contribution >= 0.6 is 0 Å². The van der Waals surface area contributed by atoms with Gasteiger partial charge in [-0.15, -0.1) is 0 Å². The van der Waals surface area contributed by atoms with E-state index in [9.17, 15) is 4.79 Å². The molecule has 0 fully saturated rings. The molecule has 0 saturated heterocycles. The summed E-state index contributed by atoms with van der Waals surface area (Å²) in [5.41, 5.74) is 3.45. The van der Waals surface area contributed by atoms with Crippen molar-refractivity contribution in [1.82, 2.24) is 0 Å². The van der Waals surface area contributed by atoms with E-state index in [2.05, 4.69) is 5.32 Å². The number of hydrogen-bond acceptors (Lipinski definition) is 3. The molecule has 21 heavy (non-hydrogen) atoms. The number of rotatable bonds is 2. The molecule has 0 atom stereocenters. The highest BCUT2D eigenvalue weighted by Crippen LogP contribution is 2.18. The van der Waals surface area contributed by atoms with Crippen LogP contribution in [-0.4, -0.2) is 5.91 Å². The van der Waals surface area contributed by atoms with Gasteiger partial charge in [0, 0.05) is 11.3 Å². The summed E-state index contributed by atoms with van der Waals surface area (Å²) in [6.45, 7) is 3.75. The number of aryl methyl sites for hydroxylation is 2. The van der Waals surface area contributed by atoms with E-state index >= 15 is 0 Å². The average molecular weight is 275 g/mol. The first kappa shape index (κ1) is 14.3. The van der Waals surface area contributed by atoms with Gasteiger partial charge in [-0.05, 0) is 43.2 Å². The molecule has 4 heteroatoms. The minimum atomic E-state index is -0.223. The molecule has 0 spiro atoms. The van der Waals surface area contributed by atoms with Crippen molar-refractivity contribution < 1.29 is 4.79 Å². The van der Waals surface area contributed by atoms with Crippen molar-refractivity contribution in [2.75, 3.05) is 5.32 Å². The van der Waals surface area contributed by atoms with Gasteiger partial charge in [-0.3, -0.25) is 4.79 Å². The van der Waals surface area contributed by atoms with Gasteiger partial charge in [0.25, 0.3) is 5.91 Å². The Kier molecular flexibility index (Phi) is 4.02. The topological polar surface area (TPSA) is 76.7 Å². The number of nitriles is 2. The van der Waals surface area contributed by atoms with Gasteiger partial charge in [-0.2, -0.15) is 10.5 Å². The molecule has 0 heterocycles. The zero-order valence-corrected chi connectivity index (χ0v) is 11.8. The maximum absolute atomic E-state index is 12.4. The summed E-state index contributed by atoms with van der Waals surface area (Å²) in [5.74, 6) is -0.223. The first-order valence-electron chi connectivity index (χ1n) is 6.38. The Labute approximate surface area is 123 Å². The fourth-order valence-corrected chi connectivity index (χ4v) is 2.18. The van der Waals surface area contributed by atoms with E-state index in [0.29, 0.717) is 16.8 Å². The van der Waals surface area contributed by atoms with E-state index in [1.807, 2.05) is 44.2 Å². The van der Waals surface area contributed by atoms with Crippen LogP contribution in [0.1, 0.15) is 32.6 Å². The molecule has 2 rings (SSSR count). The van der Waals surface area contributed by atoms with Crippen molar-refractivity contribution in [2.24, 2.45) is 0 Å². The summed E-state index contributed by atoms with van der Waals surface area (Å²) < 4.78 is 0. The first-order chi connectivity index (χ1) is 10.1. The third-order valence-corrected chi connectivity index (χ3v) is 3.23. The second-order valence-electron chi connectivity index (χ2n) is 4.70. The summed E-state index contributed by atoms with van der Waals surface area (Å²) >= 11 is 0. The predicted octanol–water partition coefficient (Wildman–Crippen LogP) is 3.30. The Hall–Kier alpha value is -3.11. The molecule has 2 aromatic rings. The number of benzene rings is 2. The standard InChI is InChI=1S/C17H13N3O/c1-11-4-3-5-12(2)16(11)17(21)20-15-7-6-13(9-18)14(8-15)10-19/h3-8H,1-2H3,(H,20,21). The highest BCUT2D eigenvalue weighted by molar-refractivity contribution is 6.06. The summed E-state index contributed by atoms with van der Waals surface area (Å²) in [4.78, 5) is 12.4. The summed E-state index contributed by atoms with van der Waals surface area (Å²) in [7, 11) is 0. The van der Waals surface area contributed by atoms with Crippen LogP contribution in [0.25, 0.3) is 0 Å². The van der Waals surface area contributed by atoms with Gasteiger partial charge in [0.15, 0.2) is 0 Å². The van der Waals surface area contributed by atoms with Gasteiger partial charge in [0.1, 0.15) is 12.1 Å². The molecular weight excluding hydrogens is 262 g/mol. The molecule has 0 aliphatic rings. The minimum Gasteiger partial charge on any atom is -0.322 e. The molecule has 0 bridgehead atoms. The quantitative estimate of drug-likeness (QED) is 0.913. The molecule has 0 aliphatic carbocycles. The fourth-order valence-electron chi connectivity index (χ4n) is 2.18. The molecule has 2 aromatic carbocycles. The summed E-state index contributed by atoms with van der Waals surface area (Å²) in [6, 6.07) is 14.2. The highest BCUT2D eigenvalue weighted by atomic mass is 16.1. The van der Waals surface area contributed by atoms with Crippen molar-refractivity contribution in [2.45, 2.75) is 13.8 Å². The maximum Gasteiger partial charge on any atom is 0.256 e. The van der Waals surface area contributed by atoms with Gasteiger partial charge in [0.05, 0.1) is 11.1 Å². The largest absolute Gasteiger partial charge is 0.322 e. The Morgan fingerprint density at radius 3 is 2.19 bits per heavy atom. The first-order valence-corrected chi connectivity index (χ1v) is 6.38. The van der Waals surface area contributed by atoms with Crippen LogP contribution in [0.5, 0.6) is 0 Å². The third kappa shape index (κ3) is 2.91. The lowest BCUT2D eigenvalue weighted by Gasteiger charge is -2.10. The van der Waals surface area contributed by atoms with E-state index < -0.39 is 0 Å². The minimum absolute atomic E-state index is 0.223. The Morgan fingerprint density at radius 2 is 1.62 bits per heavy atom. The summed E-state index contributed by atoms with van der Waals surface area (Å²) in [6.07, 6.45) is 0. The zero-order valence-electron chi connectivity index (χ0n) is 11.8. The molecule has 0 radical (unpaired) electrons. The Balaban J connectivity index is 2.33. The molecule has 0 aliphatic heterocycles. The number of amides is 1. The molecule has 0 saturated carbocycles. The lowest BCUT2D eigenvalue weighted by molar-refractivity contribution is 0.102. The number of carbonyl (C=O) groups excluding carboxylic acids is 1. The second kappa shape index (κ2) is 5.90. The van der Waals surface area contributed by atoms with Crippen molar-refractivity contribution in [3.05, 3.63) is 64.2 Å². The predicted molar refractivity (Wildman–Crippen MR) is 79.7 cm³/mol. The molecule has 1 amide bonds. The van der Waals surface area contributed by atoms with Crippen LogP contribution in [0.15, 0.2) is 36.4 Å². The van der Waals surface area contributed by atoms with Crippen LogP contribution in [0, 0.1) is 36.5 Å². The van der Waals surface area contributed by atoms with Gasteiger partial charge >= 0.3 is 0 Å². The lowest BCUT2D eigenvalue weighted by Crippen LogP contribution is -2.15. The van der Waals surface area contributed by atoms with Gasteiger partial charge < -0.3 is 5.32 Å². The van der Waals surface area contributed by atoms with E-state index in [0.717, 1.165) is 11.1 Å². The normalized spacial score (nSPS) is 9.52. The lowest BCUT2D eigenvalue weighted by atomic mass is 10.0. The third-order valence-electron chi connectivity index (χ3n) is 3.23. The molecule has 1 N–H and O–H groups in total. The highest BCUT2D eigenvalue weighted by Gasteiger charge is 2.12. The van der Waals surface area contributed by atoms with Crippen LogP contribution < -0.4 is 5.32 Å². The number of carbonyl (C=O) groups is 1. The van der Waals surface area contributed by atoms with E-state index in [1.165, 1.54) is 12.1 Å². The Morgan fingerprint density at radius 1 is 1.00 bits per heavy atom. The maximum atomic E-state index is 12.4. The summed E-state index contributed by atoms with van der Waals surface area (Å²) in [5, 5.41) is 20.7. The smallest absolute Gasteiger partial charge is 0.256 e. The van der Waals surface area contributed by atoms with Crippen molar-refractivity contribution >= 4 is 11.6 Å². The molecular formula is C17H13N3O. The van der Waals surface area contributed by atoms with Gasteiger partial charge in [0.2, 0.25) is 0 Å². The number of nitrogens with zero attached hydrogens (tertiary/aromatic N) is 2. The molecule has 0 unspecified atom stereocenters. The zero-order chi connectivity index (χ0) is 15.4. The van der Waals surface area contributed by atoms with E-state index in [4.69, 9.17) is 10.5 Å². The Bertz CT molecular complexity index is 774. The van der Waals surface area contributed by atoms with Crippen LogP contribution in [-0.2, 0) is 0 Å². The van der Waals surface area contributed by atoms with E-state index in [1.54, 1.807) is 6.07 Å². The number of hydrogen-bond donors (Lipinski definition) is 1. The van der Waals surface area contributed by atoms with E-state index in [-0.39, 0.29) is 11.5 Å². The molecule has 4 nitrogen and oxygen atoms in total. The number of nitrogens with one attached hydrogen (secondary N) is 1. The average Bonchev–Trinajstić information content (AvgIpc) is 2.46. The second-order valence-corrected chi connectivity index (χ2v) is 4.70. The van der Waals surface area contributed by atoms with Crippen LogP contribution in [0.2, 0.25) is 0 Å². The fraction of sp³-hybridized carbons (Fsp3) is 0.118. The van der Waals surface area contributed by atoms with Crippen molar-refractivity contribution in [3.8, 4) is 12.1 Å². The number of anilines is 1. The van der Waals surface area contributed by atoms with Crippen LogP contribution in [0.4, 0.5) is 5.69 Å². The molecule has 0 aromatic heterocycles. The SMILES string of the molecule is Cc1cccc(C)c1C(=O)Nc1ccc(C#N)c(C#N)c1. The van der Waals surface area contributed by atoms with Crippen LogP contribution in [0.3, 0.4) is 0 Å². The van der Waals surface area contributed by atoms with Crippen molar-refractivity contribution in [3.63, 3.8) is 0 Å². The monoisotopic (exact) mass is 275 g/mol.